The number of pyridine rings is 1. The molecule has 3 amide bonds. The Balaban J connectivity index is 1.29. The van der Waals surface area contributed by atoms with Gasteiger partial charge in [-0.2, -0.15) is 0 Å². The summed E-state index contributed by atoms with van der Waals surface area (Å²) >= 11 is 5.99. The van der Waals surface area contributed by atoms with E-state index in [2.05, 4.69) is 9.88 Å². The van der Waals surface area contributed by atoms with Crippen LogP contribution in [0.4, 0.5) is 5.82 Å². The molecule has 0 spiro atoms. The lowest BCUT2D eigenvalue weighted by atomic mass is 10.0. The maximum atomic E-state index is 13.1. The molecule has 1 fully saturated rings. The first-order valence-corrected chi connectivity index (χ1v) is 11.1. The third kappa shape index (κ3) is 4.07. The Labute approximate surface area is 196 Å². The predicted octanol–water partition coefficient (Wildman–Crippen LogP) is 3.49. The number of fused-ring (bicyclic) bond motifs is 1. The van der Waals surface area contributed by atoms with Crippen molar-refractivity contribution in [2.45, 2.75) is 6.54 Å². The number of carbonyl (C=O) groups excluding carboxylic acids is 3. The number of amides is 3. The number of benzene rings is 2. The van der Waals surface area contributed by atoms with E-state index in [9.17, 15) is 14.4 Å². The van der Waals surface area contributed by atoms with Crippen molar-refractivity contribution in [2.75, 3.05) is 31.1 Å². The van der Waals surface area contributed by atoms with Crippen molar-refractivity contribution in [1.82, 2.24) is 14.8 Å². The van der Waals surface area contributed by atoms with E-state index >= 15 is 0 Å². The number of rotatable bonds is 4. The smallest absolute Gasteiger partial charge is 0.261 e. The van der Waals surface area contributed by atoms with Gasteiger partial charge in [-0.15, -0.1) is 0 Å². The van der Waals surface area contributed by atoms with Gasteiger partial charge in [-0.25, -0.2) is 4.98 Å². The molecule has 0 radical (unpaired) electrons. The molecule has 2 aliphatic rings. The van der Waals surface area contributed by atoms with Gasteiger partial charge in [-0.1, -0.05) is 48.0 Å². The largest absolute Gasteiger partial charge is 0.353 e. The summed E-state index contributed by atoms with van der Waals surface area (Å²) in [5, 5.41) is 0.435. The van der Waals surface area contributed by atoms with Crippen LogP contribution in [0.15, 0.2) is 66.7 Å². The summed E-state index contributed by atoms with van der Waals surface area (Å²) in [5.74, 6) is -0.0705. The molecule has 0 aliphatic carbocycles. The van der Waals surface area contributed by atoms with Crippen LogP contribution in [0, 0.1) is 0 Å². The highest BCUT2D eigenvalue weighted by Gasteiger charge is 2.36. The van der Waals surface area contributed by atoms with Gasteiger partial charge in [0.2, 0.25) is 0 Å². The molecule has 0 unspecified atom stereocenters. The number of anilines is 1. The first-order valence-electron chi connectivity index (χ1n) is 10.7. The lowest BCUT2D eigenvalue weighted by Gasteiger charge is -2.35. The third-order valence-electron chi connectivity index (χ3n) is 5.99. The van der Waals surface area contributed by atoms with E-state index in [1.165, 1.54) is 4.90 Å². The van der Waals surface area contributed by atoms with Crippen LogP contribution in [0.5, 0.6) is 0 Å². The molecule has 8 heteroatoms. The SMILES string of the molecule is O=C(c1ccc2c(c1)C(=O)N(Cc1ccccc1)C2=O)N1CCN(c2cccc(Cl)n2)CC1. The number of nitrogens with zero attached hydrogens (tertiary/aromatic N) is 4. The fourth-order valence-electron chi connectivity index (χ4n) is 4.23. The van der Waals surface area contributed by atoms with Crippen molar-refractivity contribution in [1.29, 1.82) is 0 Å². The van der Waals surface area contributed by atoms with Crippen LogP contribution in [-0.4, -0.2) is 58.7 Å². The molecule has 3 heterocycles. The van der Waals surface area contributed by atoms with E-state index in [4.69, 9.17) is 11.6 Å². The monoisotopic (exact) mass is 460 g/mol. The van der Waals surface area contributed by atoms with Crippen molar-refractivity contribution in [2.24, 2.45) is 0 Å². The molecule has 166 valence electrons. The van der Waals surface area contributed by atoms with Gasteiger partial charge < -0.3 is 9.80 Å². The quantitative estimate of drug-likeness (QED) is 0.440. The molecule has 2 aromatic carbocycles. The number of carbonyl (C=O) groups is 3. The lowest BCUT2D eigenvalue weighted by molar-refractivity contribution is 0.0642. The van der Waals surface area contributed by atoms with Crippen molar-refractivity contribution in [3.05, 3.63) is 94.1 Å². The first-order chi connectivity index (χ1) is 16.0. The molecule has 7 nitrogen and oxygen atoms in total. The summed E-state index contributed by atoms with van der Waals surface area (Å²) in [4.78, 5) is 48.2. The lowest BCUT2D eigenvalue weighted by Crippen LogP contribution is -2.49. The van der Waals surface area contributed by atoms with Crippen LogP contribution in [0.3, 0.4) is 0 Å². The molecule has 3 aromatic rings. The Morgan fingerprint density at radius 1 is 0.848 bits per heavy atom. The maximum absolute atomic E-state index is 13.1. The summed E-state index contributed by atoms with van der Waals surface area (Å²) in [6, 6.07) is 19.6. The topological polar surface area (TPSA) is 73.8 Å². The summed E-state index contributed by atoms with van der Waals surface area (Å²) < 4.78 is 0. The van der Waals surface area contributed by atoms with Crippen molar-refractivity contribution in [3.63, 3.8) is 0 Å². The molecular formula is C25H21ClN4O3. The predicted molar refractivity (Wildman–Crippen MR) is 124 cm³/mol. The van der Waals surface area contributed by atoms with E-state index in [1.54, 1.807) is 29.2 Å². The number of piperazine rings is 1. The maximum Gasteiger partial charge on any atom is 0.261 e. The molecule has 0 N–H and O–H groups in total. The number of imide groups is 1. The number of hydrogen-bond donors (Lipinski definition) is 0. The highest BCUT2D eigenvalue weighted by atomic mass is 35.5. The van der Waals surface area contributed by atoms with Crippen LogP contribution in [-0.2, 0) is 6.54 Å². The fraction of sp³-hybridized carbons (Fsp3) is 0.200. The molecule has 0 bridgehead atoms. The van der Waals surface area contributed by atoms with Crippen LogP contribution >= 0.6 is 11.6 Å². The fourth-order valence-corrected chi connectivity index (χ4v) is 4.39. The Hall–Kier alpha value is -3.71. The number of halogens is 1. The van der Waals surface area contributed by atoms with Crippen LogP contribution in [0.25, 0.3) is 0 Å². The third-order valence-corrected chi connectivity index (χ3v) is 6.20. The van der Waals surface area contributed by atoms with E-state index < -0.39 is 0 Å². The molecule has 33 heavy (non-hydrogen) atoms. The van der Waals surface area contributed by atoms with Gasteiger partial charge in [-0.05, 0) is 35.9 Å². The number of aromatic nitrogens is 1. The second-order valence-corrected chi connectivity index (χ2v) is 8.43. The highest BCUT2D eigenvalue weighted by molar-refractivity contribution is 6.29. The van der Waals surface area contributed by atoms with Gasteiger partial charge in [0.15, 0.2) is 0 Å². The normalized spacial score (nSPS) is 15.7. The van der Waals surface area contributed by atoms with E-state index in [1.807, 2.05) is 42.5 Å². The molecule has 0 saturated carbocycles. The molecule has 0 atom stereocenters. The second-order valence-electron chi connectivity index (χ2n) is 8.04. The minimum absolute atomic E-state index is 0.154. The summed E-state index contributed by atoms with van der Waals surface area (Å²) in [5.41, 5.74) is 1.90. The summed E-state index contributed by atoms with van der Waals surface area (Å²) in [6.07, 6.45) is 0. The average molecular weight is 461 g/mol. The summed E-state index contributed by atoms with van der Waals surface area (Å²) in [6.45, 7) is 2.52. The molecule has 1 aromatic heterocycles. The van der Waals surface area contributed by atoms with E-state index in [-0.39, 0.29) is 29.8 Å². The highest BCUT2D eigenvalue weighted by Crippen LogP contribution is 2.26. The standard InChI is InChI=1S/C25H21ClN4O3/c26-21-7-4-8-22(27-21)28-11-13-29(14-12-28)23(31)18-9-10-19-20(15-18)25(33)30(24(19)32)16-17-5-2-1-3-6-17/h1-10,15H,11-14,16H2. The second kappa shape index (κ2) is 8.67. The zero-order valence-electron chi connectivity index (χ0n) is 17.8. The van der Waals surface area contributed by atoms with Gasteiger partial charge in [0, 0.05) is 31.7 Å². The zero-order valence-corrected chi connectivity index (χ0v) is 18.5. The molecule has 2 aliphatic heterocycles. The van der Waals surface area contributed by atoms with Crippen LogP contribution in [0.1, 0.15) is 36.6 Å². The molecule has 1 saturated heterocycles. The molecular weight excluding hydrogens is 440 g/mol. The van der Waals surface area contributed by atoms with Gasteiger partial charge in [0.25, 0.3) is 17.7 Å². The van der Waals surface area contributed by atoms with Crippen LogP contribution < -0.4 is 4.90 Å². The van der Waals surface area contributed by atoms with Gasteiger partial charge in [0.05, 0.1) is 17.7 Å². The average Bonchev–Trinajstić information content (AvgIpc) is 3.08. The van der Waals surface area contributed by atoms with Crippen molar-refractivity contribution >= 4 is 35.1 Å². The van der Waals surface area contributed by atoms with Crippen LogP contribution in [0.2, 0.25) is 5.15 Å². The van der Waals surface area contributed by atoms with E-state index in [0.29, 0.717) is 42.5 Å². The van der Waals surface area contributed by atoms with E-state index in [0.717, 1.165) is 11.4 Å². The Morgan fingerprint density at radius 2 is 1.58 bits per heavy atom. The first kappa shape index (κ1) is 21.2. The van der Waals surface area contributed by atoms with Gasteiger partial charge in [-0.3, -0.25) is 19.3 Å². The minimum atomic E-state index is -0.370. The molecule has 5 rings (SSSR count). The summed E-state index contributed by atoms with van der Waals surface area (Å²) in [7, 11) is 0. The Bertz CT molecular complexity index is 1240. The zero-order chi connectivity index (χ0) is 22.9. The Kier molecular flexibility index (Phi) is 5.56. The van der Waals surface area contributed by atoms with Crippen molar-refractivity contribution < 1.29 is 14.4 Å². The Morgan fingerprint density at radius 3 is 2.30 bits per heavy atom. The van der Waals surface area contributed by atoms with Crippen molar-refractivity contribution in [3.8, 4) is 0 Å². The number of hydrogen-bond acceptors (Lipinski definition) is 5. The van der Waals surface area contributed by atoms with Gasteiger partial charge in [0.1, 0.15) is 11.0 Å². The minimum Gasteiger partial charge on any atom is -0.353 e. The van der Waals surface area contributed by atoms with Gasteiger partial charge >= 0.3 is 0 Å².